The number of nitriles is 1. The lowest BCUT2D eigenvalue weighted by Crippen LogP contribution is -1.87. The third-order valence-corrected chi connectivity index (χ3v) is 3.29. The van der Waals surface area contributed by atoms with Crippen LogP contribution in [0, 0.1) is 11.3 Å². The molecule has 1 heterocycles. The maximum atomic E-state index is 8.78. The maximum absolute atomic E-state index is 8.78. The van der Waals surface area contributed by atoms with Crippen molar-refractivity contribution >= 4 is 45.1 Å². The smallest absolute Gasteiger partial charge is 0.142 e. The molecule has 0 amide bonds. The van der Waals surface area contributed by atoms with Crippen molar-refractivity contribution in [3.05, 3.63) is 40.5 Å². The van der Waals surface area contributed by atoms with Gasteiger partial charge in [-0.15, -0.1) is 0 Å². The van der Waals surface area contributed by atoms with Crippen LogP contribution in [0.2, 0.25) is 5.02 Å². The summed E-state index contributed by atoms with van der Waals surface area (Å²) in [4.78, 5) is 4.21. The first-order chi connectivity index (χ1) is 7.24. The number of benzene rings is 1. The van der Waals surface area contributed by atoms with Crippen molar-refractivity contribution in [1.29, 1.82) is 5.26 Å². The molecule has 0 fully saturated rings. The second-order valence-electron chi connectivity index (χ2n) is 3.09. The lowest BCUT2D eigenvalue weighted by atomic mass is 10.1. The van der Waals surface area contributed by atoms with Crippen LogP contribution in [0.15, 0.2) is 24.3 Å². The molecule has 2 aromatic rings. The fourth-order valence-electron chi connectivity index (χ4n) is 1.37. The number of aromatic nitrogens is 1. The molecule has 0 spiro atoms. The van der Waals surface area contributed by atoms with Gasteiger partial charge in [0.15, 0.2) is 0 Å². The van der Waals surface area contributed by atoms with Gasteiger partial charge in [0.2, 0.25) is 0 Å². The second kappa shape index (κ2) is 4.33. The zero-order valence-electron chi connectivity index (χ0n) is 7.67. The van der Waals surface area contributed by atoms with Crippen molar-refractivity contribution < 1.29 is 0 Å². The Morgan fingerprint density at radius 2 is 2.20 bits per heavy atom. The molecule has 1 aromatic carbocycles. The van der Waals surface area contributed by atoms with E-state index in [0.717, 1.165) is 15.3 Å². The Kier molecular flexibility index (Phi) is 3.08. The van der Waals surface area contributed by atoms with Crippen molar-refractivity contribution in [3.8, 4) is 6.07 Å². The summed E-state index contributed by atoms with van der Waals surface area (Å²) < 4.78 is 0.920. The van der Waals surface area contributed by atoms with Gasteiger partial charge in [-0.2, -0.15) is 5.26 Å². The van der Waals surface area contributed by atoms with Crippen molar-refractivity contribution in [1.82, 2.24) is 4.98 Å². The highest BCUT2D eigenvalue weighted by atomic mass is 127. The minimum atomic E-state index is 0.359. The minimum Gasteiger partial charge on any atom is -0.237 e. The van der Waals surface area contributed by atoms with Crippen LogP contribution < -0.4 is 0 Å². The van der Waals surface area contributed by atoms with E-state index < -0.39 is 0 Å². The van der Waals surface area contributed by atoms with Gasteiger partial charge >= 0.3 is 0 Å². The van der Waals surface area contributed by atoms with Crippen molar-refractivity contribution in [3.63, 3.8) is 0 Å². The topological polar surface area (TPSA) is 36.7 Å². The van der Waals surface area contributed by atoms with E-state index in [-0.39, 0.29) is 0 Å². The first-order valence-corrected chi connectivity index (χ1v) is 6.20. The molecule has 0 aliphatic rings. The Morgan fingerprint density at radius 1 is 1.40 bits per heavy atom. The van der Waals surface area contributed by atoms with Gasteiger partial charge in [0.25, 0.3) is 0 Å². The summed E-state index contributed by atoms with van der Waals surface area (Å²) in [6, 6.07) is 9.52. The first kappa shape index (κ1) is 10.7. The standard InChI is InChI=1S/C11H6ClIN2/c12-10-4-8(6-14)15-11-3-7(5-13)1-2-9(10)11/h1-4H,5H2. The Hall–Kier alpha value is -0.860. The van der Waals surface area contributed by atoms with Crippen LogP contribution in [0.25, 0.3) is 10.9 Å². The van der Waals surface area contributed by atoms with Gasteiger partial charge in [0.1, 0.15) is 11.8 Å². The Bertz CT molecular complexity index is 560. The van der Waals surface area contributed by atoms with Gasteiger partial charge in [0, 0.05) is 9.81 Å². The minimum absolute atomic E-state index is 0.359. The monoisotopic (exact) mass is 328 g/mol. The number of halogens is 2. The van der Waals surface area contributed by atoms with E-state index in [2.05, 4.69) is 27.6 Å². The van der Waals surface area contributed by atoms with E-state index in [1.165, 1.54) is 5.56 Å². The summed E-state index contributed by atoms with van der Waals surface area (Å²) >= 11 is 8.33. The third-order valence-electron chi connectivity index (χ3n) is 2.09. The summed E-state index contributed by atoms with van der Waals surface area (Å²) in [5.74, 6) is 0. The third kappa shape index (κ3) is 2.06. The van der Waals surface area contributed by atoms with Gasteiger partial charge < -0.3 is 0 Å². The summed E-state index contributed by atoms with van der Waals surface area (Å²) in [5, 5.41) is 10.2. The molecule has 2 nitrogen and oxygen atoms in total. The van der Waals surface area contributed by atoms with Gasteiger partial charge in [0.05, 0.1) is 10.5 Å². The molecule has 15 heavy (non-hydrogen) atoms. The summed E-state index contributed by atoms with van der Waals surface area (Å²) in [5.41, 5.74) is 2.33. The largest absolute Gasteiger partial charge is 0.237 e. The number of alkyl halides is 1. The fourth-order valence-corrected chi connectivity index (χ4v) is 2.11. The quantitative estimate of drug-likeness (QED) is 0.591. The van der Waals surface area contributed by atoms with E-state index in [4.69, 9.17) is 16.9 Å². The maximum Gasteiger partial charge on any atom is 0.142 e. The Morgan fingerprint density at radius 3 is 2.87 bits per heavy atom. The van der Waals surface area contributed by atoms with Crippen LogP contribution >= 0.6 is 34.2 Å². The molecule has 0 aliphatic heterocycles. The Labute approximate surface area is 106 Å². The molecule has 74 valence electrons. The van der Waals surface area contributed by atoms with E-state index in [0.29, 0.717) is 10.7 Å². The van der Waals surface area contributed by atoms with Gasteiger partial charge in [-0.1, -0.05) is 46.3 Å². The van der Waals surface area contributed by atoms with E-state index in [1.54, 1.807) is 6.07 Å². The average molecular weight is 329 g/mol. The Balaban J connectivity index is 2.76. The van der Waals surface area contributed by atoms with Crippen molar-refractivity contribution in [2.75, 3.05) is 0 Å². The zero-order chi connectivity index (χ0) is 10.8. The molecule has 2 rings (SSSR count). The normalized spacial score (nSPS) is 10.2. The van der Waals surface area contributed by atoms with Crippen molar-refractivity contribution in [2.45, 2.75) is 4.43 Å². The average Bonchev–Trinajstić information content (AvgIpc) is 2.28. The second-order valence-corrected chi connectivity index (χ2v) is 4.26. The predicted molar refractivity (Wildman–Crippen MR) is 69.2 cm³/mol. The molecule has 0 N–H and O–H groups in total. The van der Waals surface area contributed by atoms with Crippen LogP contribution in [-0.4, -0.2) is 4.98 Å². The number of nitrogens with zero attached hydrogens (tertiary/aromatic N) is 2. The molecule has 0 aliphatic carbocycles. The fraction of sp³-hybridized carbons (Fsp3) is 0.0909. The molecular weight excluding hydrogens is 322 g/mol. The molecule has 0 bridgehead atoms. The SMILES string of the molecule is N#Cc1cc(Cl)c2ccc(CI)cc2n1. The molecule has 0 saturated carbocycles. The molecule has 0 saturated heterocycles. The van der Waals surface area contributed by atoms with Crippen LogP contribution in [-0.2, 0) is 4.43 Å². The summed E-state index contributed by atoms with van der Waals surface area (Å²) in [7, 11) is 0. The zero-order valence-corrected chi connectivity index (χ0v) is 10.6. The van der Waals surface area contributed by atoms with Crippen LogP contribution in [0.5, 0.6) is 0 Å². The number of hydrogen-bond donors (Lipinski definition) is 0. The van der Waals surface area contributed by atoms with E-state index >= 15 is 0 Å². The first-order valence-electron chi connectivity index (χ1n) is 4.30. The van der Waals surface area contributed by atoms with Crippen LogP contribution in [0.1, 0.15) is 11.3 Å². The predicted octanol–water partition coefficient (Wildman–Crippen LogP) is 3.69. The number of rotatable bonds is 1. The van der Waals surface area contributed by atoms with Gasteiger partial charge in [-0.3, -0.25) is 0 Å². The van der Waals surface area contributed by atoms with Crippen LogP contribution in [0.3, 0.4) is 0 Å². The molecule has 4 heteroatoms. The molecule has 0 unspecified atom stereocenters. The highest BCUT2D eigenvalue weighted by Crippen LogP contribution is 2.24. The number of fused-ring (bicyclic) bond motifs is 1. The van der Waals surface area contributed by atoms with E-state index in [9.17, 15) is 0 Å². The van der Waals surface area contributed by atoms with Crippen molar-refractivity contribution in [2.24, 2.45) is 0 Å². The number of hydrogen-bond acceptors (Lipinski definition) is 2. The molecule has 0 radical (unpaired) electrons. The van der Waals surface area contributed by atoms with Gasteiger partial charge in [-0.25, -0.2) is 4.98 Å². The lowest BCUT2D eigenvalue weighted by Gasteiger charge is -2.02. The molecular formula is C11H6ClIN2. The van der Waals surface area contributed by atoms with Crippen LogP contribution in [0.4, 0.5) is 0 Å². The lowest BCUT2D eigenvalue weighted by molar-refractivity contribution is 1.31. The summed E-state index contributed by atoms with van der Waals surface area (Å²) in [6.07, 6.45) is 0. The number of pyridine rings is 1. The summed E-state index contributed by atoms with van der Waals surface area (Å²) in [6.45, 7) is 0. The highest BCUT2D eigenvalue weighted by Gasteiger charge is 2.04. The molecule has 0 atom stereocenters. The van der Waals surface area contributed by atoms with Gasteiger partial charge in [-0.05, 0) is 17.7 Å². The van der Waals surface area contributed by atoms with E-state index in [1.807, 2.05) is 24.3 Å². The highest BCUT2D eigenvalue weighted by molar-refractivity contribution is 14.1. The molecule has 1 aromatic heterocycles.